The van der Waals surface area contributed by atoms with Crippen LogP contribution in [0.3, 0.4) is 0 Å². The molecule has 3 atom stereocenters. The first kappa shape index (κ1) is 61.2. The largest absolute Gasteiger partial charge is 2.00 e. The van der Waals surface area contributed by atoms with Crippen molar-refractivity contribution in [2.75, 3.05) is 13.2 Å². The van der Waals surface area contributed by atoms with Gasteiger partial charge in [-0.15, -0.1) is 45.3 Å². The molecule has 1 aliphatic carbocycles. The van der Waals surface area contributed by atoms with E-state index < -0.39 is 0 Å². The van der Waals surface area contributed by atoms with Crippen LogP contribution in [-0.2, 0) is 17.6 Å². The van der Waals surface area contributed by atoms with Crippen LogP contribution in [0, 0.1) is 24.7 Å². The van der Waals surface area contributed by atoms with Crippen molar-refractivity contribution in [2.45, 2.75) is 167 Å². The third-order valence-corrected chi connectivity index (χ3v) is 15.0. The summed E-state index contributed by atoms with van der Waals surface area (Å²) in [5.41, 5.74) is 4.43. The predicted octanol–water partition coefficient (Wildman–Crippen LogP) is 14.6. The van der Waals surface area contributed by atoms with Gasteiger partial charge in [0.15, 0.2) is 0 Å². The van der Waals surface area contributed by atoms with E-state index in [-0.39, 0.29) is 73.9 Å². The minimum Gasteiger partial charge on any atom is -1.00 e. The smallest absolute Gasteiger partial charge is 1.00 e. The van der Waals surface area contributed by atoms with Crippen molar-refractivity contribution >= 4 is 100 Å². The second kappa shape index (κ2) is 33.6. The first-order chi connectivity index (χ1) is 26.8. The Morgan fingerprint density at radius 1 is 0.583 bits per heavy atom. The number of fused-ring (bicyclic) bond motifs is 4. The van der Waals surface area contributed by atoms with Crippen LogP contribution in [0.4, 0.5) is 0 Å². The molecule has 0 saturated carbocycles. The summed E-state index contributed by atoms with van der Waals surface area (Å²) in [6.07, 6.45) is 21.0. The quantitative estimate of drug-likeness (QED) is 0.0717. The van der Waals surface area contributed by atoms with Gasteiger partial charge in [0.25, 0.3) is 0 Å². The van der Waals surface area contributed by atoms with Crippen LogP contribution in [0.15, 0.2) is 45.8 Å². The topological polar surface area (TPSA) is 43.4 Å². The third kappa shape index (κ3) is 17.2. The van der Waals surface area contributed by atoms with Gasteiger partial charge in [-0.3, -0.25) is 9.59 Å². The fourth-order valence-electron chi connectivity index (χ4n) is 7.45. The summed E-state index contributed by atoms with van der Waals surface area (Å²) in [5, 5.41) is 11.4. The summed E-state index contributed by atoms with van der Waals surface area (Å²) in [4.78, 5) is 24.8. The molecule has 1 fully saturated rings. The van der Waals surface area contributed by atoms with Gasteiger partial charge in [0, 0.05) is 33.7 Å². The van der Waals surface area contributed by atoms with Gasteiger partial charge in [0.05, 0.1) is 9.75 Å². The van der Waals surface area contributed by atoms with Gasteiger partial charge in [-0.1, -0.05) is 141 Å². The number of hydrogen-bond donors (Lipinski definition) is 0. The molecule has 0 radical (unpaired) electrons. The Labute approximate surface area is 410 Å². The molecule has 0 spiro atoms. The second-order valence-electron chi connectivity index (χ2n) is 15.2. The van der Waals surface area contributed by atoms with Crippen LogP contribution in [0.2, 0.25) is 0 Å². The number of halogens is 1. The standard InChI is InChI=1S/C26H38S2.C10H4O2S2.C8H17.C4H8O.3CH4.BrH.Mg/c1-5-9-11-19(7-3)17-23-21-13-15-28-26(21)24(22-14-16-27-25(22)23)18-20(8-4)12-10-6-2;11-7-5-1-3-13-9(5)8(12)6-2-4-14-10(6)7;1-4-6-7-8(3)5-2;1-2-4-5-3-1;;;;;/h13-16,19-20H,5-12,17-18H2,1-4H3;1-4H;8H,3-7H2,1-2H3;1-4H2;3*1H4;1H;/q;;-1;;;;;;+2/p-1. The number of carbonyl (C=O) groups excluding carboxylic acids is 2. The molecule has 0 amide bonds. The number of ketones is 2. The maximum absolute atomic E-state index is 11.8. The molecule has 334 valence electrons. The molecule has 4 aromatic heterocycles. The number of unbranched alkanes of at least 4 members (excludes halogenated alkanes) is 3. The summed E-state index contributed by atoms with van der Waals surface area (Å²) >= 11 is 6.64. The predicted molar refractivity (Wildman–Crippen MR) is 271 cm³/mol. The molecule has 1 aliphatic heterocycles. The van der Waals surface area contributed by atoms with Gasteiger partial charge in [-0.2, -0.15) is 5.92 Å². The summed E-state index contributed by atoms with van der Waals surface area (Å²) in [6.45, 7) is 19.8. The maximum Gasteiger partial charge on any atom is 2.00 e. The van der Waals surface area contributed by atoms with E-state index in [9.17, 15) is 9.59 Å². The first-order valence-corrected chi connectivity index (χ1v) is 24.9. The van der Waals surface area contributed by atoms with E-state index >= 15 is 0 Å². The van der Waals surface area contributed by atoms with Crippen LogP contribution >= 0.6 is 45.3 Å². The molecular weight excluding hydrogens is 893 g/mol. The van der Waals surface area contributed by atoms with Gasteiger partial charge in [0.1, 0.15) is 0 Å². The molecule has 60 heavy (non-hydrogen) atoms. The number of rotatable bonds is 16. The van der Waals surface area contributed by atoms with Crippen LogP contribution < -0.4 is 17.0 Å². The number of thiophene rings is 4. The van der Waals surface area contributed by atoms with Gasteiger partial charge >= 0.3 is 23.1 Å². The summed E-state index contributed by atoms with van der Waals surface area (Å²) in [7, 11) is 0. The number of benzene rings is 1. The Morgan fingerprint density at radius 2 is 0.967 bits per heavy atom. The molecule has 9 heteroatoms. The van der Waals surface area contributed by atoms with E-state index in [0.717, 1.165) is 25.0 Å². The van der Waals surface area contributed by atoms with E-state index in [4.69, 9.17) is 4.74 Å². The minimum atomic E-state index is -0.00847. The Balaban J connectivity index is 0. The van der Waals surface area contributed by atoms with Gasteiger partial charge in [0.2, 0.25) is 11.6 Å². The van der Waals surface area contributed by atoms with Gasteiger partial charge in [-0.05, 0) is 105 Å². The molecule has 0 N–H and O–H groups in total. The van der Waals surface area contributed by atoms with Crippen LogP contribution in [0.25, 0.3) is 20.2 Å². The van der Waals surface area contributed by atoms with Crippen molar-refractivity contribution in [3.05, 3.63) is 84.7 Å². The van der Waals surface area contributed by atoms with Crippen molar-refractivity contribution < 1.29 is 31.3 Å². The molecule has 0 bridgehead atoms. The van der Waals surface area contributed by atoms with Gasteiger partial charge < -0.3 is 28.6 Å². The van der Waals surface area contributed by atoms with E-state index in [0.29, 0.717) is 26.8 Å². The minimum absolute atomic E-state index is 0. The normalized spacial score (nSPS) is 13.7. The molecule has 7 rings (SSSR count). The summed E-state index contributed by atoms with van der Waals surface area (Å²) in [5.74, 6) is 2.34. The molecule has 1 aromatic carbocycles. The fraction of sp³-hybridized carbons (Fsp3) is 0.588. The third-order valence-electron chi connectivity index (χ3n) is 11.2. The zero-order chi connectivity index (χ0) is 39.6. The van der Waals surface area contributed by atoms with E-state index in [2.05, 4.69) is 71.4 Å². The molecule has 1 saturated heterocycles. The Hall–Kier alpha value is -0.914. The van der Waals surface area contributed by atoms with Crippen LogP contribution in [0.1, 0.15) is 195 Å². The average molecular weight is 973 g/mol. The SMILES string of the molecule is C.C.C.C1CCOC1.CCCCC(CC)Cc1c2ccsc2c(CC(CC)CCCC)c2ccsc12.O=C1c2ccsc2C(=O)c2ccsc21.[Br-].[CH2-]C(CC)CCCC.[Mg+2]. The Bertz CT molecular complexity index is 1650. The monoisotopic (exact) mass is 970 g/mol. The molecule has 3 nitrogen and oxygen atoms in total. The maximum atomic E-state index is 11.8. The summed E-state index contributed by atoms with van der Waals surface area (Å²) in [6, 6.07) is 8.28. The molecule has 2 aliphatic rings. The summed E-state index contributed by atoms with van der Waals surface area (Å²) < 4.78 is 8.11. The van der Waals surface area contributed by atoms with Crippen LogP contribution in [0.5, 0.6) is 0 Å². The van der Waals surface area contributed by atoms with Crippen LogP contribution in [-0.4, -0.2) is 47.8 Å². The van der Waals surface area contributed by atoms with Crippen molar-refractivity contribution in [1.82, 2.24) is 0 Å². The zero-order valence-electron chi connectivity index (χ0n) is 35.7. The van der Waals surface area contributed by atoms with Gasteiger partial charge in [-0.25, -0.2) is 0 Å². The molecular formula is C51H79BrMgO3S4. The van der Waals surface area contributed by atoms with Crippen molar-refractivity contribution in [1.29, 1.82) is 0 Å². The molecule has 5 aromatic rings. The second-order valence-corrected chi connectivity index (χ2v) is 18.9. The average Bonchev–Trinajstić information content (AvgIpc) is 4.07. The zero-order valence-corrected chi connectivity index (χ0v) is 42.0. The van der Waals surface area contributed by atoms with E-state index in [1.54, 1.807) is 54.2 Å². The van der Waals surface area contributed by atoms with E-state index in [1.807, 2.05) is 22.7 Å². The fourth-order valence-corrected chi connectivity index (χ4v) is 11.1. The van der Waals surface area contributed by atoms with Crippen molar-refractivity contribution in [3.63, 3.8) is 0 Å². The Kier molecular flexibility index (Phi) is 34.2. The Morgan fingerprint density at radius 3 is 1.30 bits per heavy atom. The first-order valence-electron chi connectivity index (χ1n) is 21.4. The number of hydrogen-bond acceptors (Lipinski definition) is 7. The number of carbonyl (C=O) groups is 2. The van der Waals surface area contributed by atoms with Crippen molar-refractivity contribution in [3.8, 4) is 0 Å². The number of ether oxygens (including phenoxy) is 1. The van der Waals surface area contributed by atoms with Crippen molar-refractivity contribution in [2.24, 2.45) is 17.8 Å². The molecule has 5 heterocycles. The molecule has 3 unspecified atom stereocenters. The van der Waals surface area contributed by atoms with E-state index in [1.165, 1.54) is 125 Å².